The van der Waals surface area contributed by atoms with Crippen molar-refractivity contribution in [1.29, 1.82) is 0 Å². The van der Waals surface area contributed by atoms with Crippen LogP contribution < -0.4 is 5.32 Å². The molecule has 3 heteroatoms. The lowest BCUT2D eigenvalue weighted by Crippen LogP contribution is -2.29. The fourth-order valence-corrected chi connectivity index (χ4v) is 3.57. The van der Waals surface area contributed by atoms with E-state index in [1.807, 2.05) is 48.5 Å². The van der Waals surface area contributed by atoms with Gasteiger partial charge in [-0.05, 0) is 40.8 Å². The first-order chi connectivity index (χ1) is 13.1. The van der Waals surface area contributed by atoms with Crippen molar-refractivity contribution in [2.75, 3.05) is 0 Å². The Bertz CT molecular complexity index is 1080. The maximum absolute atomic E-state index is 12.9. The third kappa shape index (κ3) is 3.59. The molecule has 0 aliphatic carbocycles. The van der Waals surface area contributed by atoms with Gasteiger partial charge in [-0.15, -0.1) is 0 Å². The molecule has 3 nitrogen and oxygen atoms in total. The average Bonchev–Trinajstić information content (AvgIpc) is 3.13. The van der Waals surface area contributed by atoms with Crippen molar-refractivity contribution in [2.24, 2.45) is 5.92 Å². The number of nitrogens with one attached hydrogen (secondary N) is 1. The van der Waals surface area contributed by atoms with Gasteiger partial charge in [0, 0.05) is 5.39 Å². The van der Waals surface area contributed by atoms with Gasteiger partial charge in [0.2, 0.25) is 0 Å². The Morgan fingerprint density at radius 1 is 0.926 bits per heavy atom. The van der Waals surface area contributed by atoms with Crippen LogP contribution in [0.1, 0.15) is 42.4 Å². The summed E-state index contributed by atoms with van der Waals surface area (Å²) in [6.45, 7) is 4.32. The van der Waals surface area contributed by atoms with Gasteiger partial charge in [-0.3, -0.25) is 4.79 Å². The fraction of sp³-hybridized carbons (Fsp3) is 0.208. The second-order valence-electron chi connectivity index (χ2n) is 7.38. The lowest BCUT2D eigenvalue weighted by molar-refractivity contribution is 0.0906. The first kappa shape index (κ1) is 17.3. The standard InChI is InChI=1S/C24H23NO2/c1-16(2)14-21(18-9-4-3-5-10-18)25-24(26)23-15-20-19-11-7-6-8-17(19)12-13-22(20)27-23/h3-13,15-16,21H,14H2,1-2H3,(H,25,26)/t21-/m1/s1. The van der Waals surface area contributed by atoms with Crippen LogP contribution in [0.2, 0.25) is 0 Å². The molecule has 0 unspecified atom stereocenters. The topological polar surface area (TPSA) is 42.2 Å². The van der Waals surface area contributed by atoms with Crippen LogP contribution in [-0.2, 0) is 0 Å². The Morgan fingerprint density at radius 3 is 2.44 bits per heavy atom. The monoisotopic (exact) mass is 357 g/mol. The summed E-state index contributed by atoms with van der Waals surface area (Å²) in [6.07, 6.45) is 0.874. The lowest BCUT2D eigenvalue weighted by atomic mass is 9.97. The Balaban J connectivity index is 1.66. The summed E-state index contributed by atoms with van der Waals surface area (Å²) in [5.74, 6) is 0.644. The Hall–Kier alpha value is -3.07. The van der Waals surface area contributed by atoms with Crippen molar-refractivity contribution >= 4 is 27.6 Å². The molecule has 1 heterocycles. The number of carbonyl (C=O) groups is 1. The van der Waals surface area contributed by atoms with E-state index in [0.717, 1.165) is 33.7 Å². The van der Waals surface area contributed by atoms with E-state index in [1.54, 1.807) is 0 Å². The molecule has 1 atom stereocenters. The molecule has 1 N–H and O–H groups in total. The maximum Gasteiger partial charge on any atom is 0.287 e. The third-order valence-electron chi connectivity index (χ3n) is 4.86. The van der Waals surface area contributed by atoms with Crippen molar-refractivity contribution in [3.8, 4) is 0 Å². The van der Waals surface area contributed by atoms with Crippen LogP contribution in [0.25, 0.3) is 21.7 Å². The minimum Gasteiger partial charge on any atom is -0.451 e. The zero-order chi connectivity index (χ0) is 18.8. The highest BCUT2D eigenvalue weighted by Crippen LogP contribution is 2.29. The minimum atomic E-state index is -0.176. The van der Waals surface area contributed by atoms with Crippen LogP contribution in [-0.4, -0.2) is 5.91 Å². The van der Waals surface area contributed by atoms with Gasteiger partial charge in [0.1, 0.15) is 5.58 Å². The van der Waals surface area contributed by atoms with Gasteiger partial charge in [-0.1, -0.05) is 74.5 Å². The van der Waals surface area contributed by atoms with Crippen molar-refractivity contribution in [1.82, 2.24) is 5.32 Å². The molecule has 0 fully saturated rings. The third-order valence-corrected chi connectivity index (χ3v) is 4.86. The van der Waals surface area contributed by atoms with E-state index in [4.69, 9.17) is 4.42 Å². The summed E-state index contributed by atoms with van der Waals surface area (Å²) < 4.78 is 5.87. The molecule has 0 saturated carbocycles. The van der Waals surface area contributed by atoms with Crippen LogP contribution in [0.15, 0.2) is 77.2 Å². The first-order valence-corrected chi connectivity index (χ1v) is 9.39. The minimum absolute atomic E-state index is 0.0383. The summed E-state index contributed by atoms with van der Waals surface area (Å²) in [5.41, 5.74) is 1.85. The molecular formula is C24H23NO2. The highest BCUT2D eigenvalue weighted by Gasteiger charge is 2.20. The van der Waals surface area contributed by atoms with E-state index in [1.165, 1.54) is 0 Å². The van der Waals surface area contributed by atoms with Gasteiger partial charge < -0.3 is 9.73 Å². The second-order valence-corrected chi connectivity index (χ2v) is 7.38. The van der Waals surface area contributed by atoms with E-state index >= 15 is 0 Å². The predicted octanol–water partition coefficient (Wildman–Crippen LogP) is 6.10. The van der Waals surface area contributed by atoms with E-state index in [-0.39, 0.29) is 11.9 Å². The lowest BCUT2D eigenvalue weighted by Gasteiger charge is -2.20. The van der Waals surface area contributed by atoms with E-state index in [2.05, 4.69) is 43.4 Å². The van der Waals surface area contributed by atoms with Gasteiger partial charge in [-0.2, -0.15) is 0 Å². The molecule has 1 aromatic heterocycles. The molecule has 0 radical (unpaired) electrons. The van der Waals surface area contributed by atoms with Crippen molar-refractivity contribution in [3.05, 3.63) is 84.1 Å². The van der Waals surface area contributed by atoms with E-state index in [9.17, 15) is 4.79 Å². The van der Waals surface area contributed by atoms with Gasteiger partial charge in [0.15, 0.2) is 5.76 Å². The largest absolute Gasteiger partial charge is 0.451 e. The molecule has 0 spiro atoms. The number of amides is 1. The van der Waals surface area contributed by atoms with Crippen LogP contribution >= 0.6 is 0 Å². The van der Waals surface area contributed by atoms with Crippen LogP contribution in [0.3, 0.4) is 0 Å². The fourth-order valence-electron chi connectivity index (χ4n) is 3.57. The van der Waals surface area contributed by atoms with E-state index in [0.29, 0.717) is 11.7 Å². The number of carbonyl (C=O) groups excluding carboxylic acids is 1. The maximum atomic E-state index is 12.9. The van der Waals surface area contributed by atoms with E-state index < -0.39 is 0 Å². The summed E-state index contributed by atoms with van der Waals surface area (Å²) in [4.78, 5) is 12.9. The summed E-state index contributed by atoms with van der Waals surface area (Å²) in [5, 5.41) is 6.36. The van der Waals surface area contributed by atoms with Crippen molar-refractivity contribution < 1.29 is 9.21 Å². The Labute approximate surface area is 159 Å². The summed E-state index contributed by atoms with van der Waals surface area (Å²) in [6, 6.07) is 24.0. The Kier molecular flexibility index (Phi) is 4.68. The van der Waals surface area contributed by atoms with Gasteiger partial charge in [0.25, 0.3) is 5.91 Å². The average molecular weight is 357 g/mol. The zero-order valence-electron chi connectivity index (χ0n) is 15.6. The second kappa shape index (κ2) is 7.28. The molecule has 0 bridgehead atoms. The quantitative estimate of drug-likeness (QED) is 0.469. The molecule has 0 saturated heterocycles. The van der Waals surface area contributed by atoms with Gasteiger partial charge in [-0.25, -0.2) is 0 Å². The summed E-state index contributed by atoms with van der Waals surface area (Å²) in [7, 11) is 0. The zero-order valence-corrected chi connectivity index (χ0v) is 15.6. The van der Waals surface area contributed by atoms with Gasteiger partial charge >= 0.3 is 0 Å². The number of furan rings is 1. The number of benzene rings is 3. The molecule has 0 aliphatic heterocycles. The molecule has 0 aliphatic rings. The highest BCUT2D eigenvalue weighted by atomic mass is 16.3. The van der Waals surface area contributed by atoms with Crippen molar-refractivity contribution in [3.63, 3.8) is 0 Å². The summed E-state index contributed by atoms with van der Waals surface area (Å²) >= 11 is 0. The van der Waals surface area contributed by atoms with Crippen LogP contribution in [0.5, 0.6) is 0 Å². The Morgan fingerprint density at radius 2 is 1.67 bits per heavy atom. The SMILES string of the molecule is CC(C)C[C@@H](NC(=O)c1cc2c(ccc3ccccc32)o1)c1ccccc1. The molecule has 3 aromatic carbocycles. The smallest absolute Gasteiger partial charge is 0.287 e. The van der Waals surface area contributed by atoms with Crippen molar-refractivity contribution in [2.45, 2.75) is 26.3 Å². The predicted molar refractivity (Wildman–Crippen MR) is 110 cm³/mol. The highest BCUT2D eigenvalue weighted by molar-refractivity contribution is 6.08. The molecule has 27 heavy (non-hydrogen) atoms. The number of fused-ring (bicyclic) bond motifs is 3. The number of rotatable bonds is 5. The number of hydrogen-bond donors (Lipinski definition) is 1. The molecule has 4 rings (SSSR count). The number of hydrogen-bond acceptors (Lipinski definition) is 2. The van der Waals surface area contributed by atoms with Gasteiger partial charge in [0.05, 0.1) is 6.04 Å². The molecule has 136 valence electrons. The molecular weight excluding hydrogens is 334 g/mol. The normalized spacial score (nSPS) is 12.6. The molecule has 1 amide bonds. The van der Waals surface area contributed by atoms with Crippen LogP contribution in [0.4, 0.5) is 0 Å². The first-order valence-electron chi connectivity index (χ1n) is 9.39. The van der Waals surface area contributed by atoms with Crippen LogP contribution in [0, 0.1) is 5.92 Å². The molecule has 4 aromatic rings.